The van der Waals surface area contributed by atoms with Crippen LogP contribution in [0.2, 0.25) is 0 Å². The first-order valence-electron chi connectivity index (χ1n) is 10.0. The molecule has 0 bridgehead atoms. The topological polar surface area (TPSA) is 124 Å². The summed E-state index contributed by atoms with van der Waals surface area (Å²) < 4.78 is 34.9. The number of hydrogen-bond donors (Lipinski definition) is 1. The number of nitrogens with zero attached hydrogens (tertiary/aromatic N) is 4. The first kappa shape index (κ1) is 22.9. The van der Waals surface area contributed by atoms with E-state index in [1.54, 1.807) is 26.0 Å². The molecule has 3 rings (SSSR count). The number of sulfone groups is 1. The number of carbonyl (C=O) groups is 1. The molecular weight excluding hydrogens is 422 g/mol. The fourth-order valence-corrected chi connectivity index (χ4v) is 4.02. The molecule has 1 amide bonds. The predicted molar refractivity (Wildman–Crippen MR) is 114 cm³/mol. The third-order valence-corrected chi connectivity index (χ3v) is 6.98. The molecule has 0 aliphatic carbocycles. The summed E-state index contributed by atoms with van der Waals surface area (Å²) in [7, 11) is -1.86. The number of aromatic nitrogens is 3. The Bertz CT molecular complexity index is 1010. The molecule has 1 aromatic carbocycles. The molecule has 0 saturated carbocycles. The molecule has 31 heavy (non-hydrogen) atoms. The van der Waals surface area contributed by atoms with Crippen LogP contribution in [0.25, 0.3) is 0 Å². The highest BCUT2D eigenvalue weighted by atomic mass is 32.2. The lowest BCUT2D eigenvalue weighted by Gasteiger charge is -2.26. The SMILES string of the molecule is COc1nc(CNC(=O)Cc2ccc(S(=O)(=O)C(C)C)cc2)nc(N2CCOCC2)n1. The summed E-state index contributed by atoms with van der Waals surface area (Å²) in [6.45, 7) is 5.92. The summed E-state index contributed by atoms with van der Waals surface area (Å²) in [6, 6.07) is 6.55. The molecular formula is C20H27N5O5S. The summed E-state index contributed by atoms with van der Waals surface area (Å²) in [5, 5.41) is 2.28. The second-order valence-corrected chi connectivity index (χ2v) is 9.83. The van der Waals surface area contributed by atoms with Crippen molar-refractivity contribution in [3.8, 4) is 6.01 Å². The van der Waals surface area contributed by atoms with Crippen molar-refractivity contribution in [2.75, 3.05) is 38.3 Å². The lowest BCUT2D eigenvalue weighted by atomic mass is 10.1. The number of carbonyl (C=O) groups excluding carboxylic acids is 1. The molecule has 0 radical (unpaired) electrons. The van der Waals surface area contributed by atoms with Gasteiger partial charge in [-0.05, 0) is 31.5 Å². The van der Waals surface area contributed by atoms with Gasteiger partial charge in [0, 0.05) is 13.1 Å². The van der Waals surface area contributed by atoms with Crippen LogP contribution in [-0.4, -0.2) is 67.9 Å². The van der Waals surface area contributed by atoms with Crippen molar-refractivity contribution in [3.05, 3.63) is 35.7 Å². The molecule has 0 atom stereocenters. The van der Waals surface area contributed by atoms with E-state index in [4.69, 9.17) is 9.47 Å². The van der Waals surface area contributed by atoms with Gasteiger partial charge >= 0.3 is 6.01 Å². The summed E-state index contributed by atoms with van der Waals surface area (Å²) >= 11 is 0. The maximum absolute atomic E-state index is 12.4. The van der Waals surface area contributed by atoms with Crippen LogP contribution in [0, 0.1) is 0 Å². The van der Waals surface area contributed by atoms with E-state index in [9.17, 15) is 13.2 Å². The minimum Gasteiger partial charge on any atom is -0.467 e. The van der Waals surface area contributed by atoms with E-state index < -0.39 is 15.1 Å². The van der Waals surface area contributed by atoms with E-state index in [0.29, 0.717) is 43.6 Å². The Morgan fingerprint density at radius 3 is 2.45 bits per heavy atom. The van der Waals surface area contributed by atoms with E-state index in [1.807, 2.05) is 4.90 Å². The fourth-order valence-electron chi connectivity index (χ4n) is 2.96. The number of hydrogen-bond acceptors (Lipinski definition) is 9. The Labute approximate surface area is 181 Å². The number of benzene rings is 1. The number of ether oxygens (including phenoxy) is 2. The lowest BCUT2D eigenvalue weighted by molar-refractivity contribution is -0.120. The van der Waals surface area contributed by atoms with E-state index >= 15 is 0 Å². The molecule has 2 aromatic rings. The van der Waals surface area contributed by atoms with Crippen molar-refractivity contribution >= 4 is 21.7 Å². The van der Waals surface area contributed by atoms with Crippen molar-refractivity contribution < 1.29 is 22.7 Å². The third-order valence-electron chi connectivity index (χ3n) is 4.81. The molecule has 1 saturated heterocycles. The first-order valence-corrected chi connectivity index (χ1v) is 11.6. The van der Waals surface area contributed by atoms with Gasteiger partial charge in [0.25, 0.3) is 0 Å². The van der Waals surface area contributed by atoms with Gasteiger partial charge in [0.2, 0.25) is 11.9 Å². The number of amides is 1. The van der Waals surface area contributed by atoms with Gasteiger partial charge in [0.1, 0.15) is 0 Å². The molecule has 11 heteroatoms. The average molecular weight is 450 g/mol. The molecule has 168 valence electrons. The zero-order valence-corrected chi connectivity index (χ0v) is 18.7. The van der Waals surface area contributed by atoms with Crippen molar-refractivity contribution in [3.63, 3.8) is 0 Å². The summed E-state index contributed by atoms with van der Waals surface area (Å²) in [4.78, 5) is 27.5. The summed E-state index contributed by atoms with van der Waals surface area (Å²) in [5.74, 6) is 0.646. The molecule has 1 aliphatic rings. The van der Waals surface area contributed by atoms with Gasteiger partial charge in [-0.25, -0.2) is 8.42 Å². The van der Waals surface area contributed by atoms with Crippen LogP contribution in [-0.2, 0) is 32.3 Å². The van der Waals surface area contributed by atoms with Crippen molar-refractivity contribution in [2.24, 2.45) is 0 Å². The third kappa shape index (κ3) is 5.88. The van der Waals surface area contributed by atoms with Crippen molar-refractivity contribution in [1.82, 2.24) is 20.3 Å². The molecule has 2 heterocycles. The largest absolute Gasteiger partial charge is 0.467 e. The highest BCUT2D eigenvalue weighted by Gasteiger charge is 2.19. The molecule has 0 unspecified atom stereocenters. The van der Waals surface area contributed by atoms with Crippen LogP contribution in [0.4, 0.5) is 5.95 Å². The van der Waals surface area contributed by atoms with Crippen LogP contribution < -0.4 is 15.0 Å². The second-order valence-electron chi connectivity index (χ2n) is 7.33. The molecule has 1 aliphatic heterocycles. The minimum absolute atomic E-state index is 0.112. The van der Waals surface area contributed by atoms with Gasteiger partial charge < -0.3 is 19.7 Å². The number of nitrogens with one attached hydrogen (secondary N) is 1. The van der Waals surface area contributed by atoms with E-state index in [1.165, 1.54) is 19.2 Å². The number of anilines is 1. The maximum Gasteiger partial charge on any atom is 0.321 e. The Morgan fingerprint density at radius 1 is 1.16 bits per heavy atom. The average Bonchev–Trinajstić information content (AvgIpc) is 2.78. The van der Waals surface area contributed by atoms with E-state index in [2.05, 4.69) is 20.3 Å². The van der Waals surface area contributed by atoms with Gasteiger partial charge in [0.05, 0.1) is 43.4 Å². The Hall–Kier alpha value is -2.79. The minimum atomic E-state index is -3.34. The standard InChI is InChI=1S/C20H27N5O5S/c1-14(2)31(27,28)16-6-4-15(5-7-16)12-18(26)21-13-17-22-19(24-20(23-17)29-3)25-8-10-30-11-9-25/h4-7,14H,8-13H2,1-3H3,(H,21,26). The van der Waals surface area contributed by atoms with Crippen LogP contribution >= 0.6 is 0 Å². The first-order chi connectivity index (χ1) is 14.8. The summed E-state index contributed by atoms with van der Waals surface area (Å²) in [6.07, 6.45) is 0.112. The van der Waals surface area contributed by atoms with Crippen molar-refractivity contribution in [1.29, 1.82) is 0 Å². The van der Waals surface area contributed by atoms with E-state index in [-0.39, 0.29) is 29.8 Å². The number of methoxy groups -OCH3 is 1. The Balaban J connectivity index is 1.61. The van der Waals surface area contributed by atoms with Crippen LogP contribution in [0.1, 0.15) is 25.2 Å². The highest BCUT2D eigenvalue weighted by Crippen LogP contribution is 2.17. The van der Waals surface area contributed by atoms with Gasteiger partial charge in [-0.2, -0.15) is 15.0 Å². The molecule has 0 spiro atoms. The Kier molecular flexibility index (Phi) is 7.39. The van der Waals surface area contributed by atoms with Gasteiger partial charge in [-0.15, -0.1) is 0 Å². The van der Waals surface area contributed by atoms with Crippen LogP contribution in [0.5, 0.6) is 6.01 Å². The predicted octanol–water partition coefficient (Wildman–Crippen LogP) is 0.758. The zero-order chi connectivity index (χ0) is 22.4. The van der Waals surface area contributed by atoms with Gasteiger partial charge in [-0.1, -0.05) is 12.1 Å². The summed E-state index contributed by atoms with van der Waals surface area (Å²) in [5.41, 5.74) is 0.711. The monoisotopic (exact) mass is 449 g/mol. The van der Waals surface area contributed by atoms with E-state index in [0.717, 1.165) is 0 Å². The molecule has 1 N–H and O–H groups in total. The van der Waals surface area contributed by atoms with Crippen LogP contribution in [0.15, 0.2) is 29.2 Å². The van der Waals surface area contributed by atoms with Gasteiger partial charge in [0.15, 0.2) is 15.7 Å². The number of morpholine rings is 1. The van der Waals surface area contributed by atoms with Crippen LogP contribution in [0.3, 0.4) is 0 Å². The Morgan fingerprint density at radius 2 is 1.84 bits per heavy atom. The fraction of sp³-hybridized carbons (Fsp3) is 0.500. The number of rotatable bonds is 8. The molecule has 1 aromatic heterocycles. The zero-order valence-electron chi connectivity index (χ0n) is 17.9. The normalized spacial score (nSPS) is 14.5. The van der Waals surface area contributed by atoms with Gasteiger partial charge in [-0.3, -0.25) is 4.79 Å². The molecule has 1 fully saturated rings. The lowest BCUT2D eigenvalue weighted by Crippen LogP contribution is -2.37. The highest BCUT2D eigenvalue weighted by molar-refractivity contribution is 7.92. The maximum atomic E-state index is 12.4. The molecule has 10 nitrogen and oxygen atoms in total. The second kappa shape index (κ2) is 10.0. The quantitative estimate of drug-likeness (QED) is 0.622. The smallest absolute Gasteiger partial charge is 0.321 e. The van der Waals surface area contributed by atoms with Crippen molar-refractivity contribution in [2.45, 2.75) is 37.0 Å².